The molecule has 0 spiro atoms. The molecule has 1 aromatic rings. The van der Waals surface area contributed by atoms with Crippen molar-refractivity contribution in [2.75, 3.05) is 32.1 Å². The molecule has 0 aliphatic carbocycles. The molecule has 118 valence electrons. The van der Waals surface area contributed by atoms with Gasteiger partial charge in [-0.2, -0.15) is 0 Å². The molecular formula is C17H27BrN2O. The predicted molar refractivity (Wildman–Crippen MR) is 93.2 cm³/mol. The molecule has 0 radical (unpaired) electrons. The van der Waals surface area contributed by atoms with Crippen molar-refractivity contribution < 1.29 is 4.74 Å². The van der Waals surface area contributed by atoms with Crippen molar-refractivity contribution in [3.05, 3.63) is 22.7 Å². The highest BCUT2D eigenvalue weighted by Gasteiger charge is 2.24. The number of anilines is 1. The Labute approximate surface area is 137 Å². The highest BCUT2D eigenvalue weighted by Crippen LogP contribution is 2.29. The van der Waals surface area contributed by atoms with Gasteiger partial charge in [-0.05, 0) is 73.3 Å². The van der Waals surface area contributed by atoms with E-state index in [0.717, 1.165) is 21.8 Å². The number of likely N-dealkylation sites (tertiary alicyclic amines) is 1. The van der Waals surface area contributed by atoms with E-state index >= 15 is 0 Å². The zero-order chi connectivity index (χ0) is 15.2. The van der Waals surface area contributed by atoms with Crippen LogP contribution in [-0.2, 0) is 0 Å². The van der Waals surface area contributed by atoms with Gasteiger partial charge in [-0.15, -0.1) is 0 Å². The SMILES string of the molecule is CCCN1CCCC(C(C)Nc2ccc(Br)c(OC)c2)C1. The van der Waals surface area contributed by atoms with Crippen LogP contribution in [0, 0.1) is 5.92 Å². The minimum atomic E-state index is 0.482. The van der Waals surface area contributed by atoms with Gasteiger partial charge in [0.15, 0.2) is 0 Å². The van der Waals surface area contributed by atoms with Crippen LogP contribution in [0.2, 0.25) is 0 Å². The van der Waals surface area contributed by atoms with Crippen molar-refractivity contribution in [1.29, 1.82) is 0 Å². The molecule has 4 heteroatoms. The maximum atomic E-state index is 5.37. The Kier molecular flexibility index (Phi) is 6.37. The van der Waals surface area contributed by atoms with Crippen LogP contribution in [-0.4, -0.2) is 37.7 Å². The third-order valence-corrected chi connectivity index (χ3v) is 4.99. The first-order chi connectivity index (χ1) is 10.1. The Hall–Kier alpha value is -0.740. The number of rotatable bonds is 6. The summed E-state index contributed by atoms with van der Waals surface area (Å²) in [5, 5.41) is 3.65. The van der Waals surface area contributed by atoms with Crippen LogP contribution in [0.3, 0.4) is 0 Å². The number of hydrogen-bond donors (Lipinski definition) is 1. The van der Waals surface area contributed by atoms with Gasteiger partial charge in [0, 0.05) is 24.3 Å². The Bertz CT molecular complexity index is 450. The average molecular weight is 355 g/mol. The van der Waals surface area contributed by atoms with Crippen LogP contribution >= 0.6 is 15.9 Å². The number of benzene rings is 1. The lowest BCUT2D eigenvalue weighted by molar-refractivity contribution is 0.165. The molecule has 0 amide bonds. The standard InChI is InChI=1S/C17H27BrN2O/c1-4-9-20-10-5-6-14(12-20)13(2)19-15-7-8-16(18)17(11-15)21-3/h7-8,11,13-14,19H,4-6,9-10,12H2,1-3H3. The molecule has 0 aromatic heterocycles. The summed E-state index contributed by atoms with van der Waals surface area (Å²) in [5.41, 5.74) is 1.13. The van der Waals surface area contributed by atoms with Gasteiger partial charge in [-0.25, -0.2) is 0 Å². The number of nitrogens with zero attached hydrogens (tertiary/aromatic N) is 1. The summed E-state index contributed by atoms with van der Waals surface area (Å²) < 4.78 is 6.36. The van der Waals surface area contributed by atoms with E-state index in [0.29, 0.717) is 6.04 Å². The second kappa shape index (κ2) is 8.04. The molecule has 1 aliphatic rings. The number of ether oxygens (including phenoxy) is 1. The summed E-state index contributed by atoms with van der Waals surface area (Å²) in [7, 11) is 1.71. The van der Waals surface area contributed by atoms with Gasteiger partial charge in [0.2, 0.25) is 0 Å². The Morgan fingerprint density at radius 1 is 1.48 bits per heavy atom. The topological polar surface area (TPSA) is 24.5 Å². The van der Waals surface area contributed by atoms with Gasteiger partial charge in [-0.3, -0.25) is 0 Å². The second-order valence-electron chi connectivity index (χ2n) is 5.99. The Morgan fingerprint density at radius 2 is 2.29 bits per heavy atom. The number of nitrogens with one attached hydrogen (secondary N) is 1. The molecule has 1 aromatic carbocycles. The molecule has 0 bridgehead atoms. The highest BCUT2D eigenvalue weighted by molar-refractivity contribution is 9.10. The molecule has 2 rings (SSSR count). The summed E-state index contributed by atoms with van der Waals surface area (Å²) in [5.74, 6) is 1.60. The van der Waals surface area contributed by atoms with E-state index < -0.39 is 0 Å². The molecular weight excluding hydrogens is 328 g/mol. The van der Waals surface area contributed by atoms with Crippen LogP contribution in [0.25, 0.3) is 0 Å². The first-order valence-electron chi connectivity index (χ1n) is 7.96. The van der Waals surface area contributed by atoms with E-state index in [1.165, 1.54) is 38.9 Å². The van der Waals surface area contributed by atoms with E-state index in [4.69, 9.17) is 4.74 Å². The van der Waals surface area contributed by atoms with Crippen LogP contribution in [0.4, 0.5) is 5.69 Å². The zero-order valence-electron chi connectivity index (χ0n) is 13.4. The van der Waals surface area contributed by atoms with Crippen LogP contribution < -0.4 is 10.1 Å². The summed E-state index contributed by atoms with van der Waals surface area (Å²) in [6.45, 7) is 8.28. The number of methoxy groups -OCH3 is 1. The molecule has 2 atom stereocenters. The second-order valence-corrected chi connectivity index (χ2v) is 6.84. The number of hydrogen-bond acceptors (Lipinski definition) is 3. The van der Waals surface area contributed by atoms with Gasteiger partial charge in [0.05, 0.1) is 11.6 Å². The quantitative estimate of drug-likeness (QED) is 0.820. The van der Waals surface area contributed by atoms with Crippen molar-refractivity contribution in [3.8, 4) is 5.75 Å². The van der Waals surface area contributed by atoms with Gasteiger partial charge < -0.3 is 15.0 Å². The number of piperidine rings is 1. The fourth-order valence-electron chi connectivity index (χ4n) is 3.15. The summed E-state index contributed by atoms with van der Waals surface area (Å²) in [4.78, 5) is 2.61. The van der Waals surface area contributed by atoms with Crippen LogP contribution in [0.15, 0.2) is 22.7 Å². The average Bonchev–Trinajstić information content (AvgIpc) is 2.50. The first-order valence-corrected chi connectivity index (χ1v) is 8.75. The zero-order valence-corrected chi connectivity index (χ0v) is 14.9. The maximum Gasteiger partial charge on any atom is 0.135 e. The number of halogens is 1. The summed E-state index contributed by atoms with van der Waals surface area (Å²) in [6.07, 6.45) is 3.89. The van der Waals surface area contributed by atoms with Crippen molar-refractivity contribution in [2.24, 2.45) is 5.92 Å². The lowest BCUT2D eigenvalue weighted by Gasteiger charge is -2.36. The maximum absolute atomic E-state index is 5.37. The normalized spacial score (nSPS) is 21.0. The summed E-state index contributed by atoms with van der Waals surface area (Å²) >= 11 is 3.50. The van der Waals surface area contributed by atoms with E-state index in [1.54, 1.807) is 7.11 Å². The van der Waals surface area contributed by atoms with Crippen molar-refractivity contribution in [2.45, 2.75) is 39.2 Å². The lowest BCUT2D eigenvalue weighted by Crippen LogP contribution is -2.42. The minimum Gasteiger partial charge on any atom is -0.495 e. The monoisotopic (exact) mass is 354 g/mol. The highest BCUT2D eigenvalue weighted by atomic mass is 79.9. The molecule has 1 aliphatic heterocycles. The Morgan fingerprint density at radius 3 is 3.00 bits per heavy atom. The minimum absolute atomic E-state index is 0.482. The Balaban J connectivity index is 1.95. The molecule has 21 heavy (non-hydrogen) atoms. The molecule has 3 nitrogen and oxygen atoms in total. The van der Waals surface area contributed by atoms with E-state index in [2.05, 4.69) is 52.1 Å². The molecule has 1 heterocycles. The fourth-order valence-corrected chi connectivity index (χ4v) is 3.56. The van der Waals surface area contributed by atoms with Crippen molar-refractivity contribution in [3.63, 3.8) is 0 Å². The molecule has 1 N–H and O–H groups in total. The third-order valence-electron chi connectivity index (χ3n) is 4.33. The van der Waals surface area contributed by atoms with Gasteiger partial charge in [0.1, 0.15) is 5.75 Å². The van der Waals surface area contributed by atoms with Crippen molar-refractivity contribution >= 4 is 21.6 Å². The van der Waals surface area contributed by atoms with Gasteiger partial charge >= 0.3 is 0 Å². The first kappa shape index (κ1) is 16.6. The van der Waals surface area contributed by atoms with E-state index in [1.807, 2.05) is 6.07 Å². The summed E-state index contributed by atoms with van der Waals surface area (Å²) in [6, 6.07) is 6.69. The molecule has 0 saturated carbocycles. The van der Waals surface area contributed by atoms with Crippen LogP contribution in [0.1, 0.15) is 33.1 Å². The molecule has 1 saturated heterocycles. The van der Waals surface area contributed by atoms with Crippen molar-refractivity contribution in [1.82, 2.24) is 4.90 Å². The largest absolute Gasteiger partial charge is 0.495 e. The van der Waals surface area contributed by atoms with Gasteiger partial charge in [0.25, 0.3) is 0 Å². The molecule has 1 fully saturated rings. The van der Waals surface area contributed by atoms with E-state index in [9.17, 15) is 0 Å². The molecule has 2 unspecified atom stereocenters. The van der Waals surface area contributed by atoms with E-state index in [-0.39, 0.29) is 0 Å². The third kappa shape index (κ3) is 4.62. The smallest absolute Gasteiger partial charge is 0.135 e. The predicted octanol–water partition coefficient (Wildman–Crippen LogP) is 4.38. The van der Waals surface area contributed by atoms with Crippen LogP contribution in [0.5, 0.6) is 5.75 Å². The lowest BCUT2D eigenvalue weighted by atomic mass is 9.91. The van der Waals surface area contributed by atoms with Gasteiger partial charge in [-0.1, -0.05) is 6.92 Å². The fraction of sp³-hybridized carbons (Fsp3) is 0.647.